The van der Waals surface area contributed by atoms with Gasteiger partial charge in [0.05, 0.1) is 17.8 Å². The van der Waals surface area contributed by atoms with E-state index < -0.39 is 5.82 Å². The van der Waals surface area contributed by atoms with Crippen molar-refractivity contribution in [2.75, 3.05) is 5.32 Å². The van der Waals surface area contributed by atoms with Crippen molar-refractivity contribution >= 4 is 22.6 Å². The van der Waals surface area contributed by atoms with Gasteiger partial charge in [-0.15, -0.1) is 0 Å². The van der Waals surface area contributed by atoms with Crippen LogP contribution in [0.1, 0.15) is 17.0 Å². The number of anilines is 1. The molecule has 0 aliphatic rings. The minimum atomic E-state index is -0.609. The maximum Gasteiger partial charge on any atom is 0.330 e. The van der Waals surface area contributed by atoms with Gasteiger partial charge >= 0.3 is 6.03 Å². The predicted molar refractivity (Wildman–Crippen MR) is 110 cm³/mol. The van der Waals surface area contributed by atoms with Gasteiger partial charge in [0.15, 0.2) is 11.6 Å². The Balaban J connectivity index is 1.67. The number of benzene rings is 2. The molecule has 2 aromatic heterocycles. The molecule has 2 N–H and O–H groups in total. The van der Waals surface area contributed by atoms with E-state index in [4.69, 9.17) is 9.84 Å². The Morgan fingerprint density at radius 3 is 2.77 bits per heavy atom. The van der Waals surface area contributed by atoms with Crippen molar-refractivity contribution in [2.24, 2.45) is 0 Å². The number of aliphatic hydroxyl groups excluding tert-OH is 1. The quantitative estimate of drug-likeness (QED) is 0.519. The predicted octanol–water partition coefficient (Wildman–Crippen LogP) is 4.55. The summed E-state index contributed by atoms with van der Waals surface area (Å²) < 4.78 is 22.1. The van der Waals surface area contributed by atoms with E-state index in [0.29, 0.717) is 22.6 Å². The first kappa shape index (κ1) is 19.5. The molecule has 0 bridgehead atoms. The highest BCUT2D eigenvalue weighted by Gasteiger charge is 2.19. The number of halogens is 1. The van der Waals surface area contributed by atoms with Crippen molar-refractivity contribution in [2.45, 2.75) is 20.5 Å². The number of hydrogen-bond acceptors (Lipinski definition) is 5. The number of nitrogens with zero attached hydrogens (tertiary/aromatic N) is 3. The van der Waals surface area contributed by atoms with Gasteiger partial charge in [-0.1, -0.05) is 12.1 Å². The number of amides is 1. The van der Waals surface area contributed by atoms with Crippen LogP contribution >= 0.6 is 0 Å². The van der Waals surface area contributed by atoms with Gasteiger partial charge in [0.1, 0.15) is 6.33 Å². The molecule has 4 aromatic rings. The molecule has 0 unspecified atom stereocenters. The number of hydrogen-bond donors (Lipinski definition) is 2. The zero-order valence-electron chi connectivity index (χ0n) is 16.4. The number of aromatic nitrogens is 3. The lowest BCUT2D eigenvalue weighted by Crippen LogP contribution is -2.20. The van der Waals surface area contributed by atoms with Gasteiger partial charge in [0, 0.05) is 22.8 Å². The van der Waals surface area contributed by atoms with Crippen LogP contribution < -0.4 is 10.1 Å². The van der Waals surface area contributed by atoms with E-state index in [9.17, 15) is 4.79 Å². The Kier molecular flexibility index (Phi) is 5.16. The monoisotopic (exact) mass is 406 g/mol. The van der Waals surface area contributed by atoms with E-state index >= 15 is 4.39 Å². The summed E-state index contributed by atoms with van der Waals surface area (Å²) in [5.41, 5.74) is 3.03. The molecule has 0 radical (unpaired) electrons. The molecule has 152 valence electrons. The summed E-state index contributed by atoms with van der Waals surface area (Å²) in [6, 6.07) is 13.1. The lowest BCUT2D eigenvalue weighted by molar-refractivity contribution is 0.254. The summed E-state index contributed by atoms with van der Waals surface area (Å²) in [6.45, 7) is 3.39. The molecule has 2 heterocycles. The molecule has 1 amide bonds. The fraction of sp³-hybridized carbons (Fsp3) is 0.136. The summed E-state index contributed by atoms with van der Waals surface area (Å²) in [5.74, 6) is -0.538. The highest BCUT2D eigenvalue weighted by Crippen LogP contribution is 2.31. The van der Waals surface area contributed by atoms with Gasteiger partial charge in [0.25, 0.3) is 0 Å². The molecule has 0 spiro atoms. The third kappa shape index (κ3) is 3.72. The Hall–Kier alpha value is -3.78. The van der Waals surface area contributed by atoms with Crippen molar-refractivity contribution in [3.8, 4) is 11.6 Å². The fourth-order valence-corrected chi connectivity index (χ4v) is 3.24. The first-order valence-electron chi connectivity index (χ1n) is 9.24. The van der Waals surface area contributed by atoms with Crippen LogP contribution in [-0.4, -0.2) is 25.7 Å². The number of carbonyl (C=O) groups is 1. The van der Waals surface area contributed by atoms with E-state index in [1.54, 1.807) is 25.1 Å². The van der Waals surface area contributed by atoms with E-state index in [1.165, 1.54) is 23.0 Å². The summed E-state index contributed by atoms with van der Waals surface area (Å²) in [5, 5.41) is 12.3. The summed E-state index contributed by atoms with van der Waals surface area (Å²) >= 11 is 0. The molecule has 0 aliphatic carbocycles. The number of nitrogens with one attached hydrogen (secondary N) is 1. The molecule has 2 aromatic carbocycles. The molecule has 0 fully saturated rings. The van der Waals surface area contributed by atoms with Crippen molar-refractivity contribution in [3.05, 3.63) is 77.6 Å². The molecule has 0 atom stereocenters. The van der Waals surface area contributed by atoms with Gasteiger partial charge in [-0.05, 0) is 49.7 Å². The second kappa shape index (κ2) is 7.92. The summed E-state index contributed by atoms with van der Waals surface area (Å²) in [6.07, 6.45) is 1.23. The minimum Gasteiger partial charge on any atom is -0.436 e. The molecular weight excluding hydrogens is 387 g/mol. The number of aliphatic hydroxyl groups is 1. The van der Waals surface area contributed by atoms with Gasteiger partial charge in [-0.2, -0.15) is 0 Å². The largest absolute Gasteiger partial charge is 0.436 e. The van der Waals surface area contributed by atoms with Crippen LogP contribution in [0.25, 0.3) is 10.9 Å². The fourth-order valence-electron chi connectivity index (χ4n) is 3.24. The van der Waals surface area contributed by atoms with E-state index in [2.05, 4.69) is 15.3 Å². The Morgan fingerprint density at radius 2 is 2.00 bits per heavy atom. The summed E-state index contributed by atoms with van der Waals surface area (Å²) in [4.78, 5) is 20.6. The molecule has 0 aliphatic heterocycles. The smallest absolute Gasteiger partial charge is 0.330 e. The van der Waals surface area contributed by atoms with Gasteiger partial charge < -0.3 is 15.2 Å². The van der Waals surface area contributed by atoms with Gasteiger partial charge in [0.2, 0.25) is 5.88 Å². The van der Waals surface area contributed by atoms with Crippen molar-refractivity contribution in [1.29, 1.82) is 0 Å². The molecule has 0 saturated heterocycles. The average Bonchev–Trinajstić information content (AvgIpc) is 3.07. The third-order valence-electron chi connectivity index (χ3n) is 4.62. The standard InChI is InChI=1S/C22H19FN4O3/c1-13-4-3-5-15(8-13)26-22(29)27-14(2)9-17-18(27)6-7-19(21(17)23)30-20-10-16(11-28)24-12-25-20/h3-10,12,28H,11H2,1-2H3,(H,26,29). The number of aryl methyl sites for hydroxylation is 2. The van der Waals surface area contributed by atoms with Crippen LogP contribution in [0, 0.1) is 19.7 Å². The number of rotatable bonds is 4. The van der Waals surface area contributed by atoms with Crippen molar-refractivity contribution in [1.82, 2.24) is 14.5 Å². The van der Waals surface area contributed by atoms with E-state index in [-0.39, 0.29) is 29.7 Å². The molecule has 30 heavy (non-hydrogen) atoms. The average molecular weight is 406 g/mol. The zero-order chi connectivity index (χ0) is 21.3. The Morgan fingerprint density at radius 1 is 1.17 bits per heavy atom. The number of fused-ring (bicyclic) bond motifs is 1. The highest BCUT2D eigenvalue weighted by atomic mass is 19.1. The van der Waals surface area contributed by atoms with Crippen molar-refractivity contribution < 1.29 is 19.0 Å². The lowest BCUT2D eigenvalue weighted by atomic mass is 10.2. The number of carbonyl (C=O) groups excluding carboxylic acids is 1. The molecule has 4 rings (SSSR count). The molecule has 7 nitrogen and oxygen atoms in total. The van der Waals surface area contributed by atoms with Crippen LogP contribution in [0.4, 0.5) is 14.9 Å². The van der Waals surface area contributed by atoms with E-state index in [0.717, 1.165) is 5.56 Å². The Bertz CT molecular complexity index is 1250. The van der Waals surface area contributed by atoms with Gasteiger partial charge in [-0.3, -0.25) is 4.57 Å². The van der Waals surface area contributed by atoms with Crippen molar-refractivity contribution in [3.63, 3.8) is 0 Å². The topological polar surface area (TPSA) is 89.3 Å². The second-order valence-corrected chi connectivity index (χ2v) is 6.84. The van der Waals surface area contributed by atoms with E-state index in [1.807, 2.05) is 25.1 Å². The normalized spacial score (nSPS) is 10.9. The first-order valence-corrected chi connectivity index (χ1v) is 9.24. The maximum absolute atomic E-state index is 15.1. The third-order valence-corrected chi connectivity index (χ3v) is 4.62. The molecule has 0 saturated carbocycles. The minimum absolute atomic E-state index is 0.0404. The highest BCUT2D eigenvalue weighted by molar-refractivity contribution is 6.00. The van der Waals surface area contributed by atoms with Crippen LogP contribution in [0.5, 0.6) is 11.6 Å². The Labute approximate surface area is 171 Å². The van der Waals surface area contributed by atoms with Gasteiger partial charge in [-0.25, -0.2) is 19.2 Å². The first-order chi connectivity index (χ1) is 14.5. The molecule has 8 heteroatoms. The zero-order valence-corrected chi connectivity index (χ0v) is 16.4. The van der Waals surface area contributed by atoms with Crippen LogP contribution in [0.2, 0.25) is 0 Å². The maximum atomic E-state index is 15.1. The van der Waals surface area contributed by atoms with Crippen LogP contribution in [0.15, 0.2) is 54.9 Å². The van der Waals surface area contributed by atoms with Crippen LogP contribution in [0.3, 0.4) is 0 Å². The summed E-state index contributed by atoms with van der Waals surface area (Å²) in [7, 11) is 0. The second-order valence-electron chi connectivity index (χ2n) is 6.84. The molecular formula is C22H19FN4O3. The number of ether oxygens (including phenoxy) is 1. The van der Waals surface area contributed by atoms with Crippen LogP contribution in [-0.2, 0) is 6.61 Å². The lowest BCUT2D eigenvalue weighted by Gasteiger charge is -2.11. The SMILES string of the molecule is Cc1cccc(NC(=O)n2c(C)cc3c(F)c(Oc4cc(CO)ncn4)ccc32)c1.